The van der Waals surface area contributed by atoms with E-state index in [1.165, 1.54) is 18.2 Å². The van der Waals surface area contributed by atoms with Crippen LogP contribution in [-0.2, 0) is 16.6 Å². The first-order valence-corrected chi connectivity index (χ1v) is 11.0. The van der Waals surface area contributed by atoms with Crippen LogP contribution in [0.15, 0.2) is 64.0 Å². The fourth-order valence-electron chi connectivity index (χ4n) is 2.71. The molecular weight excluding hydrogens is 453 g/mol. The number of rotatable bonds is 8. The third kappa shape index (κ3) is 5.78. The summed E-state index contributed by atoms with van der Waals surface area (Å²) in [5.41, 5.74) is 0.924. The summed E-state index contributed by atoms with van der Waals surface area (Å²) in [6.07, 6.45) is 0.991. The van der Waals surface area contributed by atoms with Crippen LogP contribution in [-0.4, -0.2) is 28.6 Å². The topological polar surface area (TPSA) is 158 Å². The van der Waals surface area contributed by atoms with Crippen LogP contribution in [0.5, 0.6) is 5.75 Å². The second-order valence-corrected chi connectivity index (χ2v) is 8.30. The molecule has 2 heterocycles. The standard InChI is InChI=1S/C20H18FN7O4S/c1-12-27-28-18(32-12)11-31-15-7-5-13(6-8-15)24-19-17(21)10-23-20(26-19)25-14-3-2-4-16(9-14)33(22,29)30/h2-10H,11H2,1H3,(H2,22,29,30)(H2,23,24,25,26). The summed E-state index contributed by atoms with van der Waals surface area (Å²) >= 11 is 0. The van der Waals surface area contributed by atoms with Crippen molar-refractivity contribution in [2.75, 3.05) is 10.6 Å². The number of nitrogens with zero attached hydrogens (tertiary/aromatic N) is 4. The van der Waals surface area contributed by atoms with Gasteiger partial charge in [-0.15, -0.1) is 10.2 Å². The number of hydrogen-bond acceptors (Lipinski definition) is 10. The van der Waals surface area contributed by atoms with Crippen molar-refractivity contribution in [1.29, 1.82) is 0 Å². The van der Waals surface area contributed by atoms with E-state index >= 15 is 0 Å². The molecule has 0 fully saturated rings. The normalized spacial score (nSPS) is 11.2. The van der Waals surface area contributed by atoms with E-state index in [9.17, 15) is 12.8 Å². The lowest BCUT2D eigenvalue weighted by atomic mass is 10.3. The lowest BCUT2D eigenvalue weighted by Gasteiger charge is -2.11. The average Bonchev–Trinajstić information content (AvgIpc) is 3.20. The Morgan fingerprint density at radius 2 is 1.88 bits per heavy atom. The maximum atomic E-state index is 14.2. The number of benzene rings is 2. The minimum absolute atomic E-state index is 0.0558. The van der Waals surface area contributed by atoms with Crippen molar-refractivity contribution in [3.05, 3.63) is 72.3 Å². The Kier molecular flexibility index (Phi) is 6.15. The van der Waals surface area contributed by atoms with Gasteiger partial charge >= 0.3 is 0 Å². The number of nitrogens with two attached hydrogens (primary N) is 1. The Bertz CT molecular complexity index is 1380. The summed E-state index contributed by atoms with van der Waals surface area (Å²) < 4.78 is 48.1. The highest BCUT2D eigenvalue weighted by Gasteiger charge is 2.11. The molecule has 0 aliphatic rings. The summed E-state index contributed by atoms with van der Waals surface area (Å²) in [5.74, 6) is 0.659. The Labute approximate surface area is 187 Å². The summed E-state index contributed by atoms with van der Waals surface area (Å²) in [6.45, 7) is 1.81. The average molecular weight is 471 g/mol. The second-order valence-electron chi connectivity index (χ2n) is 6.74. The summed E-state index contributed by atoms with van der Waals surface area (Å²) in [4.78, 5) is 7.91. The molecule has 11 nitrogen and oxygen atoms in total. The van der Waals surface area contributed by atoms with Crippen LogP contribution in [0, 0.1) is 12.7 Å². The number of halogens is 1. The number of ether oxygens (including phenoxy) is 1. The van der Waals surface area contributed by atoms with Gasteiger partial charge in [0.2, 0.25) is 21.9 Å². The van der Waals surface area contributed by atoms with Gasteiger partial charge in [0.05, 0.1) is 11.1 Å². The predicted octanol–water partition coefficient (Wildman–Crippen LogP) is 3.02. The monoisotopic (exact) mass is 471 g/mol. The highest BCUT2D eigenvalue weighted by molar-refractivity contribution is 7.89. The molecule has 0 aliphatic heterocycles. The molecule has 4 aromatic rings. The molecule has 4 rings (SSSR count). The fourth-order valence-corrected chi connectivity index (χ4v) is 3.27. The molecular formula is C20H18FN7O4S. The zero-order valence-corrected chi connectivity index (χ0v) is 18.0. The maximum Gasteiger partial charge on any atom is 0.253 e. The first-order chi connectivity index (χ1) is 15.8. The minimum Gasteiger partial charge on any atom is -0.484 e. The van der Waals surface area contributed by atoms with Crippen molar-refractivity contribution in [1.82, 2.24) is 20.2 Å². The number of aromatic nitrogens is 4. The van der Waals surface area contributed by atoms with E-state index in [2.05, 4.69) is 30.8 Å². The molecule has 0 unspecified atom stereocenters. The molecule has 0 saturated carbocycles. The van der Waals surface area contributed by atoms with Crippen LogP contribution in [0.1, 0.15) is 11.8 Å². The van der Waals surface area contributed by atoms with Crippen LogP contribution < -0.4 is 20.5 Å². The van der Waals surface area contributed by atoms with Gasteiger partial charge in [0.1, 0.15) is 5.75 Å². The van der Waals surface area contributed by atoms with E-state index in [-0.39, 0.29) is 23.3 Å². The van der Waals surface area contributed by atoms with E-state index in [1.807, 2.05) is 0 Å². The van der Waals surface area contributed by atoms with Gasteiger partial charge in [0.15, 0.2) is 18.2 Å². The number of hydrogen-bond donors (Lipinski definition) is 3. The van der Waals surface area contributed by atoms with Crippen molar-refractivity contribution in [2.45, 2.75) is 18.4 Å². The van der Waals surface area contributed by atoms with E-state index < -0.39 is 15.8 Å². The van der Waals surface area contributed by atoms with E-state index in [1.54, 1.807) is 37.3 Å². The maximum absolute atomic E-state index is 14.2. The molecule has 4 N–H and O–H groups in total. The van der Waals surface area contributed by atoms with Gasteiger partial charge in [-0.1, -0.05) is 6.07 Å². The molecule has 0 amide bonds. The van der Waals surface area contributed by atoms with Crippen molar-refractivity contribution < 1.29 is 22.0 Å². The molecule has 13 heteroatoms. The van der Waals surface area contributed by atoms with Crippen molar-refractivity contribution >= 4 is 33.2 Å². The Hall–Kier alpha value is -4.10. The molecule has 0 saturated heterocycles. The third-order valence-corrected chi connectivity index (χ3v) is 5.12. The van der Waals surface area contributed by atoms with Gasteiger partial charge in [0.25, 0.3) is 5.89 Å². The van der Waals surface area contributed by atoms with Gasteiger partial charge in [-0.3, -0.25) is 0 Å². The smallest absolute Gasteiger partial charge is 0.253 e. The fraction of sp³-hybridized carbons (Fsp3) is 0.100. The van der Waals surface area contributed by atoms with Gasteiger partial charge in [-0.05, 0) is 42.5 Å². The lowest BCUT2D eigenvalue weighted by Crippen LogP contribution is -2.12. The summed E-state index contributed by atoms with van der Waals surface area (Å²) in [6, 6.07) is 12.5. The molecule has 0 bridgehead atoms. The number of anilines is 4. The molecule has 2 aromatic carbocycles. The van der Waals surface area contributed by atoms with E-state index in [4.69, 9.17) is 14.3 Å². The number of primary sulfonamides is 1. The summed E-state index contributed by atoms with van der Waals surface area (Å²) in [7, 11) is -3.87. The SMILES string of the molecule is Cc1nnc(COc2ccc(Nc3nc(Nc4cccc(S(N)(=O)=O)c4)ncc3F)cc2)o1. The van der Waals surface area contributed by atoms with Crippen LogP contribution in [0.3, 0.4) is 0 Å². The van der Waals surface area contributed by atoms with Gasteiger partial charge < -0.3 is 19.8 Å². The molecule has 0 radical (unpaired) electrons. The highest BCUT2D eigenvalue weighted by Crippen LogP contribution is 2.23. The predicted molar refractivity (Wildman–Crippen MR) is 116 cm³/mol. The number of aryl methyl sites for hydroxylation is 1. The van der Waals surface area contributed by atoms with Crippen LogP contribution in [0.2, 0.25) is 0 Å². The van der Waals surface area contributed by atoms with Crippen LogP contribution in [0.25, 0.3) is 0 Å². The van der Waals surface area contributed by atoms with Gasteiger partial charge in [0, 0.05) is 18.3 Å². The lowest BCUT2D eigenvalue weighted by molar-refractivity contribution is 0.260. The third-order valence-electron chi connectivity index (χ3n) is 4.21. The molecule has 0 atom stereocenters. The first kappa shape index (κ1) is 22.1. The van der Waals surface area contributed by atoms with Crippen molar-refractivity contribution in [3.63, 3.8) is 0 Å². The van der Waals surface area contributed by atoms with Crippen LogP contribution >= 0.6 is 0 Å². The zero-order chi connectivity index (χ0) is 23.4. The van der Waals surface area contributed by atoms with Gasteiger partial charge in [-0.2, -0.15) is 4.98 Å². The highest BCUT2D eigenvalue weighted by atomic mass is 32.2. The quantitative estimate of drug-likeness (QED) is 0.349. The molecule has 2 aromatic heterocycles. The minimum atomic E-state index is -3.87. The van der Waals surface area contributed by atoms with Gasteiger partial charge in [-0.25, -0.2) is 22.9 Å². The van der Waals surface area contributed by atoms with Crippen molar-refractivity contribution in [2.24, 2.45) is 5.14 Å². The zero-order valence-electron chi connectivity index (χ0n) is 17.2. The Balaban J connectivity index is 1.44. The molecule has 170 valence electrons. The molecule has 0 spiro atoms. The number of sulfonamides is 1. The van der Waals surface area contributed by atoms with E-state index in [0.717, 1.165) is 6.20 Å². The van der Waals surface area contributed by atoms with Crippen LogP contribution in [0.4, 0.5) is 27.5 Å². The molecule has 0 aliphatic carbocycles. The Morgan fingerprint density at radius 1 is 1.09 bits per heavy atom. The van der Waals surface area contributed by atoms with E-state index in [0.29, 0.717) is 28.9 Å². The number of nitrogens with one attached hydrogen (secondary N) is 2. The van der Waals surface area contributed by atoms with Crippen molar-refractivity contribution in [3.8, 4) is 5.75 Å². The summed E-state index contributed by atoms with van der Waals surface area (Å²) in [5, 5.41) is 18.4. The second kappa shape index (κ2) is 9.18. The molecule has 33 heavy (non-hydrogen) atoms. The first-order valence-electron chi connectivity index (χ1n) is 9.47. The largest absolute Gasteiger partial charge is 0.484 e. The Morgan fingerprint density at radius 3 is 2.58 bits per heavy atom.